The Morgan fingerprint density at radius 2 is 1.95 bits per heavy atom. The third-order valence-electron chi connectivity index (χ3n) is 3.78. The summed E-state index contributed by atoms with van der Waals surface area (Å²) in [6, 6.07) is 14.8. The van der Waals surface area contributed by atoms with Crippen molar-refractivity contribution in [3.05, 3.63) is 58.6 Å². The highest BCUT2D eigenvalue weighted by molar-refractivity contribution is 6.33. The molecule has 2 N–H and O–H groups in total. The maximum Gasteiger partial charge on any atom is 0.0645 e. The zero-order valence-electron chi connectivity index (χ0n) is 12.9. The molecule has 2 nitrogen and oxygen atoms in total. The Kier molecular flexibility index (Phi) is 5.27. The lowest BCUT2D eigenvalue weighted by Gasteiger charge is -2.22. The van der Waals surface area contributed by atoms with Gasteiger partial charge in [-0.25, -0.2) is 0 Å². The summed E-state index contributed by atoms with van der Waals surface area (Å²) in [6.45, 7) is 4.19. The molecular formula is C18H23ClN2. The van der Waals surface area contributed by atoms with Crippen molar-refractivity contribution < 1.29 is 0 Å². The van der Waals surface area contributed by atoms with Gasteiger partial charge in [-0.15, -0.1) is 0 Å². The molecule has 2 aromatic rings. The smallest absolute Gasteiger partial charge is 0.0645 e. The van der Waals surface area contributed by atoms with Crippen LogP contribution in [0.2, 0.25) is 5.02 Å². The lowest BCUT2D eigenvalue weighted by atomic mass is 10.0. The van der Waals surface area contributed by atoms with Gasteiger partial charge in [0.1, 0.15) is 0 Å². The van der Waals surface area contributed by atoms with Crippen molar-refractivity contribution in [2.45, 2.75) is 32.7 Å². The van der Waals surface area contributed by atoms with Gasteiger partial charge in [-0.3, -0.25) is 0 Å². The summed E-state index contributed by atoms with van der Waals surface area (Å²) in [5, 5.41) is 0.764. The number of hydrogen-bond acceptors (Lipinski definition) is 2. The molecule has 0 amide bonds. The summed E-state index contributed by atoms with van der Waals surface area (Å²) >= 11 is 6.46. The molecule has 1 atom stereocenters. The van der Waals surface area contributed by atoms with E-state index in [1.165, 1.54) is 11.1 Å². The fraction of sp³-hybridized carbons (Fsp3) is 0.333. The second-order valence-electron chi connectivity index (χ2n) is 5.56. The van der Waals surface area contributed by atoms with Crippen molar-refractivity contribution in [2.75, 3.05) is 11.9 Å². The molecule has 2 rings (SSSR count). The van der Waals surface area contributed by atoms with Gasteiger partial charge in [0.25, 0.3) is 0 Å². The molecule has 0 aliphatic rings. The third kappa shape index (κ3) is 3.99. The van der Waals surface area contributed by atoms with Crippen molar-refractivity contribution in [1.29, 1.82) is 0 Å². The van der Waals surface area contributed by atoms with E-state index in [0.717, 1.165) is 29.2 Å². The summed E-state index contributed by atoms with van der Waals surface area (Å²) in [4.78, 5) is 2.11. The standard InChI is InChI=1S/C18H23ClN2/c1-4-15(20)11-14-8-9-18(17(19)12-14)21(3)16-7-5-6-13(2)10-16/h5-10,12,15H,4,11,20H2,1-3H3. The highest BCUT2D eigenvalue weighted by Crippen LogP contribution is 2.31. The van der Waals surface area contributed by atoms with Crippen molar-refractivity contribution in [1.82, 2.24) is 0 Å². The van der Waals surface area contributed by atoms with Gasteiger partial charge in [-0.05, 0) is 55.2 Å². The summed E-state index contributed by atoms with van der Waals surface area (Å²) in [7, 11) is 2.04. The largest absolute Gasteiger partial charge is 0.343 e. The first kappa shape index (κ1) is 15.9. The maximum atomic E-state index is 6.46. The van der Waals surface area contributed by atoms with Crippen molar-refractivity contribution in [2.24, 2.45) is 5.73 Å². The summed E-state index contributed by atoms with van der Waals surface area (Å²) in [5.41, 5.74) is 10.6. The quantitative estimate of drug-likeness (QED) is 0.867. The molecule has 0 spiro atoms. The zero-order valence-corrected chi connectivity index (χ0v) is 13.7. The Hall–Kier alpha value is -1.51. The first-order chi connectivity index (χ1) is 10.0. The van der Waals surface area contributed by atoms with Gasteiger partial charge >= 0.3 is 0 Å². The van der Waals surface area contributed by atoms with E-state index < -0.39 is 0 Å². The predicted molar refractivity (Wildman–Crippen MR) is 92.7 cm³/mol. The molecule has 0 aliphatic heterocycles. The van der Waals surface area contributed by atoms with Gasteiger partial charge in [0, 0.05) is 18.8 Å². The van der Waals surface area contributed by atoms with Crippen LogP contribution in [0.5, 0.6) is 0 Å². The molecule has 3 heteroatoms. The fourth-order valence-corrected chi connectivity index (χ4v) is 2.70. The molecule has 112 valence electrons. The zero-order chi connectivity index (χ0) is 15.4. The Labute approximate surface area is 132 Å². The van der Waals surface area contributed by atoms with Gasteiger partial charge < -0.3 is 10.6 Å². The van der Waals surface area contributed by atoms with Gasteiger partial charge in [0.15, 0.2) is 0 Å². The molecule has 0 bridgehead atoms. The predicted octanol–water partition coefficient (Wildman–Crippen LogP) is 4.70. The van der Waals surface area contributed by atoms with E-state index in [9.17, 15) is 0 Å². The molecule has 0 aromatic heterocycles. The Balaban J connectivity index is 2.24. The molecule has 0 fully saturated rings. The number of nitrogens with zero attached hydrogens (tertiary/aromatic N) is 1. The fourth-order valence-electron chi connectivity index (χ4n) is 2.37. The van der Waals surface area contributed by atoms with Crippen LogP contribution in [0.15, 0.2) is 42.5 Å². The van der Waals surface area contributed by atoms with Crippen molar-refractivity contribution in [3.63, 3.8) is 0 Å². The number of anilines is 2. The van der Waals surface area contributed by atoms with Gasteiger partial charge in [-0.2, -0.15) is 0 Å². The van der Waals surface area contributed by atoms with Gasteiger partial charge in [0.2, 0.25) is 0 Å². The molecule has 0 saturated carbocycles. The van der Waals surface area contributed by atoms with E-state index in [1.807, 2.05) is 13.1 Å². The van der Waals surface area contributed by atoms with Crippen LogP contribution in [0, 0.1) is 6.92 Å². The molecule has 0 saturated heterocycles. The number of nitrogens with two attached hydrogens (primary N) is 1. The van der Waals surface area contributed by atoms with Gasteiger partial charge in [0.05, 0.1) is 10.7 Å². The average Bonchev–Trinajstić information content (AvgIpc) is 2.46. The van der Waals surface area contributed by atoms with E-state index in [0.29, 0.717) is 0 Å². The average molecular weight is 303 g/mol. The Morgan fingerprint density at radius 3 is 2.57 bits per heavy atom. The summed E-state index contributed by atoms with van der Waals surface area (Å²) in [6.07, 6.45) is 1.84. The van der Waals surface area contributed by atoms with E-state index in [1.54, 1.807) is 0 Å². The SMILES string of the molecule is CCC(N)Cc1ccc(N(C)c2cccc(C)c2)c(Cl)c1. The highest BCUT2D eigenvalue weighted by Gasteiger charge is 2.10. The molecule has 0 aliphatic carbocycles. The van der Waals surface area contributed by atoms with Crippen molar-refractivity contribution in [3.8, 4) is 0 Å². The Morgan fingerprint density at radius 1 is 1.19 bits per heavy atom. The second-order valence-corrected chi connectivity index (χ2v) is 5.96. The highest BCUT2D eigenvalue weighted by atomic mass is 35.5. The maximum absolute atomic E-state index is 6.46. The molecular weight excluding hydrogens is 280 g/mol. The van der Waals surface area contributed by atoms with Crippen LogP contribution in [-0.4, -0.2) is 13.1 Å². The van der Waals surface area contributed by atoms with Crippen LogP contribution in [0.25, 0.3) is 0 Å². The van der Waals surface area contributed by atoms with Crippen LogP contribution in [-0.2, 0) is 6.42 Å². The Bertz CT molecular complexity index is 610. The topological polar surface area (TPSA) is 29.3 Å². The third-order valence-corrected chi connectivity index (χ3v) is 4.09. The van der Waals surface area contributed by atoms with E-state index >= 15 is 0 Å². The lowest BCUT2D eigenvalue weighted by Crippen LogP contribution is -2.21. The van der Waals surface area contributed by atoms with Crippen LogP contribution >= 0.6 is 11.6 Å². The van der Waals surface area contributed by atoms with Crippen LogP contribution in [0.1, 0.15) is 24.5 Å². The second kappa shape index (κ2) is 6.97. The normalized spacial score (nSPS) is 12.2. The first-order valence-electron chi connectivity index (χ1n) is 7.35. The monoisotopic (exact) mass is 302 g/mol. The first-order valence-corrected chi connectivity index (χ1v) is 7.73. The number of aryl methyl sites for hydroxylation is 1. The van der Waals surface area contributed by atoms with Crippen molar-refractivity contribution >= 4 is 23.0 Å². The minimum atomic E-state index is 0.196. The molecule has 21 heavy (non-hydrogen) atoms. The number of benzene rings is 2. The van der Waals surface area contributed by atoms with E-state index in [2.05, 4.69) is 55.1 Å². The number of hydrogen-bond donors (Lipinski definition) is 1. The molecule has 0 heterocycles. The van der Waals surface area contributed by atoms with Crippen LogP contribution in [0.4, 0.5) is 11.4 Å². The van der Waals surface area contributed by atoms with E-state index in [4.69, 9.17) is 17.3 Å². The molecule has 0 radical (unpaired) electrons. The van der Waals surface area contributed by atoms with Crippen LogP contribution < -0.4 is 10.6 Å². The molecule has 1 unspecified atom stereocenters. The van der Waals surface area contributed by atoms with Gasteiger partial charge in [-0.1, -0.05) is 36.7 Å². The summed E-state index contributed by atoms with van der Waals surface area (Å²) < 4.78 is 0. The lowest BCUT2D eigenvalue weighted by molar-refractivity contribution is 0.646. The minimum absolute atomic E-state index is 0.196. The van der Waals surface area contributed by atoms with E-state index in [-0.39, 0.29) is 6.04 Å². The minimum Gasteiger partial charge on any atom is -0.343 e. The number of rotatable bonds is 5. The van der Waals surface area contributed by atoms with Crippen LogP contribution in [0.3, 0.4) is 0 Å². The number of halogens is 1. The summed E-state index contributed by atoms with van der Waals surface area (Å²) in [5.74, 6) is 0. The molecule has 2 aromatic carbocycles.